The van der Waals surface area contributed by atoms with Crippen molar-refractivity contribution in [1.29, 1.82) is 0 Å². The maximum absolute atomic E-state index is 13.2. The topological polar surface area (TPSA) is 86.8 Å². The van der Waals surface area contributed by atoms with Gasteiger partial charge in [-0.2, -0.15) is 0 Å². The lowest BCUT2D eigenvalue weighted by Crippen LogP contribution is -2.50. The Morgan fingerprint density at radius 1 is 1.07 bits per heavy atom. The first-order chi connectivity index (χ1) is 14.0. The number of anilines is 1. The van der Waals surface area contributed by atoms with Crippen molar-refractivity contribution in [2.75, 3.05) is 24.2 Å². The van der Waals surface area contributed by atoms with Crippen LogP contribution in [0.3, 0.4) is 0 Å². The van der Waals surface area contributed by atoms with Gasteiger partial charge in [-0.3, -0.25) is 13.9 Å². The fraction of sp³-hybridized carbons (Fsp3) is 0.300. The highest BCUT2D eigenvalue weighted by atomic mass is 79.9. The number of carbonyl (C=O) groups excluding carboxylic acids is 2. The van der Waals surface area contributed by atoms with Gasteiger partial charge in [-0.25, -0.2) is 8.42 Å². The highest BCUT2D eigenvalue weighted by molar-refractivity contribution is 9.10. The van der Waals surface area contributed by atoms with Crippen LogP contribution in [0.5, 0.6) is 0 Å². The van der Waals surface area contributed by atoms with Gasteiger partial charge in [0, 0.05) is 22.5 Å². The number of halogens is 2. The Hall–Kier alpha value is -1.91. The number of rotatable bonds is 8. The zero-order valence-electron chi connectivity index (χ0n) is 16.8. The monoisotopic (exact) mass is 559 g/mol. The minimum Gasteiger partial charge on any atom is -0.357 e. The first kappa shape index (κ1) is 24.4. The van der Waals surface area contributed by atoms with Gasteiger partial charge in [0.25, 0.3) is 0 Å². The van der Waals surface area contributed by atoms with E-state index in [-0.39, 0.29) is 12.5 Å². The third kappa shape index (κ3) is 6.55. The van der Waals surface area contributed by atoms with Crippen LogP contribution in [0, 0.1) is 0 Å². The molecule has 7 nitrogen and oxygen atoms in total. The number of hydrogen-bond donors (Lipinski definition) is 1. The third-order valence-corrected chi connectivity index (χ3v) is 6.62. The van der Waals surface area contributed by atoms with Crippen LogP contribution in [0.2, 0.25) is 0 Å². The lowest BCUT2D eigenvalue weighted by molar-refractivity contribution is -0.139. The number of nitrogens with zero attached hydrogens (tertiary/aromatic N) is 2. The van der Waals surface area contributed by atoms with E-state index in [1.165, 1.54) is 11.9 Å². The van der Waals surface area contributed by atoms with E-state index >= 15 is 0 Å². The summed E-state index contributed by atoms with van der Waals surface area (Å²) in [5.74, 6) is -0.826. The van der Waals surface area contributed by atoms with Crippen molar-refractivity contribution in [3.05, 3.63) is 63.0 Å². The number of amides is 2. The summed E-state index contributed by atoms with van der Waals surface area (Å²) in [7, 11) is -2.24. The molecule has 0 unspecified atom stereocenters. The van der Waals surface area contributed by atoms with Crippen molar-refractivity contribution in [2.24, 2.45) is 0 Å². The largest absolute Gasteiger partial charge is 0.357 e. The highest BCUT2D eigenvalue weighted by Gasteiger charge is 2.29. The summed E-state index contributed by atoms with van der Waals surface area (Å²) in [4.78, 5) is 26.8. The molecule has 162 valence electrons. The fourth-order valence-corrected chi connectivity index (χ4v) is 4.32. The maximum atomic E-state index is 13.2. The summed E-state index contributed by atoms with van der Waals surface area (Å²) in [6, 6.07) is 13.3. The number of benzene rings is 2. The van der Waals surface area contributed by atoms with E-state index in [1.54, 1.807) is 31.2 Å². The summed E-state index contributed by atoms with van der Waals surface area (Å²) in [6.07, 6.45) is 1.04. The molecule has 2 amide bonds. The minimum atomic E-state index is -3.74. The first-order valence-electron chi connectivity index (χ1n) is 9.01. The second-order valence-corrected chi connectivity index (χ2v) is 10.4. The predicted octanol–water partition coefficient (Wildman–Crippen LogP) is 3.14. The molecule has 1 N–H and O–H groups in total. The Kier molecular flexibility index (Phi) is 8.45. The summed E-state index contributed by atoms with van der Waals surface area (Å²) in [5.41, 5.74) is 1.17. The van der Waals surface area contributed by atoms with E-state index in [2.05, 4.69) is 37.2 Å². The van der Waals surface area contributed by atoms with Gasteiger partial charge >= 0.3 is 0 Å². The van der Waals surface area contributed by atoms with E-state index in [4.69, 9.17) is 0 Å². The number of hydrogen-bond acceptors (Lipinski definition) is 4. The maximum Gasteiger partial charge on any atom is 0.244 e. The molecule has 0 heterocycles. The molecule has 0 aromatic heterocycles. The quantitative estimate of drug-likeness (QED) is 0.537. The summed E-state index contributed by atoms with van der Waals surface area (Å²) in [5, 5.41) is 2.54. The molecule has 0 spiro atoms. The van der Waals surface area contributed by atoms with Crippen LogP contribution in [0.25, 0.3) is 0 Å². The molecular weight excluding hydrogens is 538 g/mol. The Labute approximate surface area is 193 Å². The molecule has 0 saturated heterocycles. The van der Waals surface area contributed by atoms with Crippen molar-refractivity contribution in [3.63, 3.8) is 0 Å². The van der Waals surface area contributed by atoms with Gasteiger partial charge in [-0.1, -0.05) is 50.1 Å². The number of carbonyl (C=O) groups is 2. The van der Waals surface area contributed by atoms with Crippen molar-refractivity contribution < 1.29 is 18.0 Å². The second-order valence-electron chi connectivity index (χ2n) is 6.69. The lowest BCUT2D eigenvalue weighted by atomic mass is 10.1. The van der Waals surface area contributed by atoms with Gasteiger partial charge in [0.05, 0.1) is 11.9 Å². The molecule has 1 atom stereocenters. The molecule has 0 aliphatic carbocycles. The molecule has 0 aliphatic heterocycles. The van der Waals surface area contributed by atoms with Crippen molar-refractivity contribution >= 4 is 59.4 Å². The number of sulfonamides is 1. The average molecular weight is 561 g/mol. The number of nitrogens with one attached hydrogen (secondary N) is 1. The van der Waals surface area contributed by atoms with Gasteiger partial charge in [-0.05, 0) is 42.8 Å². The Morgan fingerprint density at radius 2 is 1.70 bits per heavy atom. The van der Waals surface area contributed by atoms with E-state index in [1.807, 2.05) is 24.3 Å². The van der Waals surface area contributed by atoms with E-state index in [9.17, 15) is 18.0 Å². The summed E-state index contributed by atoms with van der Waals surface area (Å²) >= 11 is 6.69. The van der Waals surface area contributed by atoms with Gasteiger partial charge in [0.15, 0.2) is 0 Å². The molecule has 10 heteroatoms. The van der Waals surface area contributed by atoms with Crippen LogP contribution in [-0.4, -0.2) is 51.0 Å². The van der Waals surface area contributed by atoms with Crippen LogP contribution >= 0.6 is 31.9 Å². The van der Waals surface area contributed by atoms with Gasteiger partial charge in [0.1, 0.15) is 12.6 Å². The molecule has 0 aliphatic rings. The van der Waals surface area contributed by atoms with Crippen LogP contribution in [0.4, 0.5) is 5.69 Å². The predicted molar refractivity (Wildman–Crippen MR) is 125 cm³/mol. The normalized spacial score (nSPS) is 12.2. The van der Waals surface area contributed by atoms with Crippen LogP contribution in [0.15, 0.2) is 57.5 Å². The first-order valence-corrected chi connectivity index (χ1v) is 12.4. The van der Waals surface area contributed by atoms with Crippen LogP contribution in [0.1, 0.15) is 12.5 Å². The SMILES string of the molecule is CNC(=O)[C@H](C)N(Cc1ccc(Br)cc1)C(=O)CN(c1cccc(Br)c1)S(C)(=O)=O. The summed E-state index contributed by atoms with van der Waals surface area (Å²) in [6.45, 7) is 1.35. The average Bonchev–Trinajstić information content (AvgIpc) is 2.69. The van der Waals surface area contributed by atoms with Crippen LogP contribution < -0.4 is 9.62 Å². The zero-order valence-corrected chi connectivity index (χ0v) is 20.8. The van der Waals surface area contributed by atoms with Crippen molar-refractivity contribution in [2.45, 2.75) is 19.5 Å². The minimum absolute atomic E-state index is 0.163. The molecule has 0 radical (unpaired) electrons. The molecule has 0 bridgehead atoms. The smallest absolute Gasteiger partial charge is 0.244 e. The molecule has 0 saturated carbocycles. The van der Waals surface area contributed by atoms with Crippen molar-refractivity contribution in [3.8, 4) is 0 Å². The second kappa shape index (κ2) is 10.4. The molecule has 2 aromatic carbocycles. The Balaban J connectivity index is 2.36. The molecular formula is C20H23Br2N3O4S. The Morgan fingerprint density at radius 3 is 2.23 bits per heavy atom. The highest BCUT2D eigenvalue weighted by Crippen LogP contribution is 2.23. The van der Waals surface area contributed by atoms with E-state index in [0.717, 1.165) is 20.6 Å². The van der Waals surface area contributed by atoms with Gasteiger partial charge in [0.2, 0.25) is 21.8 Å². The zero-order chi connectivity index (χ0) is 22.5. The Bertz CT molecular complexity index is 1010. The molecule has 0 fully saturated rings. The van der Waals surface area contributed by atoms with Crippen molar-refractivity contribution in [1.82, 2.24) is 10.2 Å². The van der Waals surface area contributed by atoms with Gasteiger partial charge < -0.3 is 10.2 Å². The molecule has 2 aromatic rings. The van der Waals surface area contributed by atoms with E-state index < -0.39 is 28.5 Å². The summed E-state index contributed by atoms with van der Waals surface area (Å²) < 4.78 is 27.4. The molecule has 30 heavy (non-hydrogen) atoms. The number of likely N-dealkylation sites (N-methyl/N-ethyl adjacent to an activating group) is 1. The molecule has 2 rings (SSSR count). The third-order valence-electron chi connectivity index (χ3n) is 4.46. The standard InChI is InChI=1S/C20H23Br2N3O4S/c1-14(20(27)23-2)24(12-15-7-9-16(21)10-8-15)19(26)13-25(30(3,28)29)18-6-4-5-17(22)11-18/h4-11,14H,12-13H2,1-3H3,(H,23,27)/t14-/m0/s1. The van der Waals surface area contributed by atoms with E-state index in [0.29, 0.717) is 10.2 Å². The fourth-order valence-electron chi connectivity index (χ4n) is 2.82. The van der Waals surface area contributed by atoms with Crippen LogP contribution in [-0.2, 0) is 26.2 Å². The lowest BCUT2D eigenvalue weighted by Gasteiger charge is -2.31. The van der Waals surface area contributed by atoms with Gasteiger partial charge in [-0.15, -0.1) is 0 Å².